The number of allylic oxidation sites excluding steroid dienone is 1. The third-order valence-electron chi connectivity index (χ3n) is 15.0. The van der Waals surface area contributed by atoms with E-state index in [0.29, 0.717) is 63.7 Å². The van der Waals surface area contributed by atoms with Gasteiger partial charge >= 0.3 is 5.97 Å². The maximum Gasteiger partial charge on any atom is 0.344 e. The van der Waals surface area contributed by atoms with Gasteiger partial charge in [-0.05, 0) is 128 Å². The monoisotopic (exact) mass is 750 g/mol. The molecule has 5 aliphatic rings. The Bertz CT molecular complexity index is 1990. The highest BCUT2D eigenvalue weighted by molar-refractivity contribution is 5.84. The molecule has 8 rings (SSSR count). The number of aryl methyl sites for hydroxylation is 1. The first-order valence-electron chi connectivity index (χ1n) is 21.4. The summed E-state index contributed by atoms with van der Waals surface area (Å²) in [6.07, 6.45) is 16.9. The van der Waals surface area contributed by atoms with E-state index in [-0.39, 0.29) is 29.5 Å². The predicted molar refractivity (Wildman–Crippen MR) is 217 cm³/mol. The molecule has 4 aliphatic carbocycles. The molecule has 3 aromatic rings. The second kappa shape index (κ2) is 15.3. The summed E-state index contributed by atoms with van der Waals surface area (Å²) in [4.78, 5) is 26.8. The van der Waals surface area contributed by atoms with E-state index in [4.69, 9.17) is 23.4 Å². The number of ether oxygens (including phenoxy) is 4. The molecule has 2 aromatic carbocycles. The zero-order valence-electron chi connectivity index (χ0n) is 34.0. The smallest absolute Gasteiger partial charge is 0.344 e. The molecule has 296 valence electrons. The summed E-state index contributed by atoms with van der Waals surface area (Å²) >= 11 is 0. The number of carbonyl (C=O) groups is 1. The lowest BCUT2D eigenvalue weighted by Gasteiger charge is -2.58. The van der Waals surface area contributed by atoms with Gasteiger partial charge in [0.15, 0.2) is 18.1 Å². The highest BCUT2D eigenvalue weighted by Crippen LogP contribution is 2.67. The van der Waals surface area contributed by atoms with Gasteiger partial charge in [-0.2, -0.15) is 0 Å². The van der Waals surface area contributed by atoms with Crippen LogP contribution in [0.2, 0.25) is 0 Å². The number of carbonyl (C=O) groups excluding carboxylic acids is 1. The number of hydrogen-bond donors (Lipinski definition) is 0. The minimum atomic E-state index is -0.363. The number of rotatable bonds is 10. The number of esters is 1. The van der Waals surface area contributed by atoms with Crippen molar-refractivity contribution < 1.29 is 28.2 Å². The van der Waals surface area contributed by atoms with Crippen molar-refractivity contribution in [3.63, 3.8) is 0 Å². The molecule has 7 nitrogen and oxygen atoms in total. The maximum atomic E-state index is 13.7. The molecular weight excluding hydrogens is 689 g/mol. The summed E-state index contributed by atoms with van der Waals surface area (Å²) in [5.41, 5.74) is 3.69. The Hall–Kier alpha value is -3.74. The van der Waals surface area contributed by atoms with Crippen LogP contribution < -0.4 is 19.6 Å². The fourth-order valence-electron chi connectivity index (χ4n) is 12.1. The molecule has 0 amide bonds. The summed E-state index contributed by atoms with van der Waals surface area (Å²) in [6, 6.07) is 10.6. The van der Waals surface area contributed by atoms with E-state index in [0.717, 1.165) is 61.2 Å². The van der Waals surface area contributed by atoms with Crippen LogP contribution in [0.5, 0.6) is 17.2 Å². The van der Waals surface area contributed by atoms with Crippen LogP contribution in [0.4, 0.5) is 0 Å². The largest absolute Gasteiger partial charge is 0.490 e. The summed E-state index contributed by atoms with van der Waals surface area (Å²) < 4.78 is 29.7. The second-order valence-electron chi connectivity index (χ2n) is 18.7. The Balaban J connectivity index is 0.878. The standard InChI is InChI=1S/C48H62O7/c1-29(2)9-7-10-30(3)38-16-17-39-36-14-12-33-26-35(19-21-47(33,5)40(36)20-22-48(38,39)6)55-44(49)28-53-34-13-15-37-42(27-34)54-31(4)45(46(37)50)32-11-18-41-43(25-32)52-24-8-23-51-41/h11-13,15,18,25,27,29-30,35-36,38-40H,7-10,14,16-17,19-24,26,28H2,1-6H3/t30-,35-,36-,38+,39-,40-,47-,48+/m0/s1. The minimum Gasteiger partial charge on any atom is -0.490 e. The lowest BCUT2D eigenvalue weighted by atomic mass is 9.47. The number of benzene rings is 2. The highest BCUT2D eigenvalue weighted by Gasteiger charge is 2.59. The Labute approximate surface area is 327 Å². The molecule has 0 bridgehead atoms. The van der Waals surface area contributed by atoms with Gasteiger partial charge in [-0.15, -0.1) is 0 Å². The normalized spacial score (nSPS) is 30.5. The quantitative estimate of drug-likeness (QED) is 0.151. The van der Waals surface area contributed by atoms with Crippen molar-refractivity contribution >= 4 is 16.9 Å². The maximum absolute atomic E-state index is 13.7. The molecule has 0 saturated heterocycles. The van der Waals surface area contributed by atoms with Crippen LogP contribution in [0.1, 0.15) is 117 Å². The SMILES string of the molecule is Cc1oc2cc(OCC(=O)O[C@H]3CC[C@@]4(C)C(=CC[C@H]5[C@@H]6CC[C@H]([C@@H](C)CCCC(C)C)[C@@]6(C)CC[C@@H]54)C3)ccc2c(=O)c1-c1ccc2c(c1)OCCCO2. The summed E-state index contributed by atoms with van der Waals surface area (Å²) in [5.74, 6) is 6.75. The van der Waals surface area contributed by atoms with Crippen LogP contribution in [-0.4, -0.2) is 31.9 Å². The average molecular weight is 751 g/mol. The molecule has 0 radical (unpaired) electrons. The molecule has 55 heavy (non-hydrogen) atoms. The van der Waals surface area contributed by atoms with Gasteiger partial charge in [0, 0.05) is 18.9 Å². The van der Waals surface area contributed by atoms with E-state index in [1.54, 1.807) is 25.1 Å². The Morgan fingerprint density at radius 2 is 1.75 bits per heavy atom. The fourth-order valence-corrected chi connectivity index (χ4v) is 12.1. The first-order chi connectivity index (χ1) is 26.4. The van der Waals surface area contributed by atoms with Gasteiger partial charge in [-0.3, -0.25) is 4.79 Å². The highest BCUT2D eigenvalue weighted by atomic mass is 16.6. The first-order valence-corrected chi connectivity index (χ1v) is 21.4. The van der Waals surface area contributed by atoms with Crippen molar-refractivity contribution in [2.24, 2.45) is 46.3 Å². The second-order valence-corrected chi connectivity index (χ2v) is 18.7. The van der Waals surface area contributed by atoms with Gasteiger partial charge in [0.25, 0.3) is 0 Å². The van der Waals surface area contributed by atoms with Gasteiger partial charge in [-0.1, -0.05) is 71.6 Å². The van der Waals surface area contributed by atoms with Crippen molar-refractivity contribution in [2.45, 2.75) is 125 Å². The molecule has 7 heteroatoms. The van der Waals surface area contributed by atoms with Gasteiger partial charge < -0.3 is 23.4 Å². The van der Waals surface area contributed by atoms with Crippen molar-refractivity contribution in [1.29, 1.82) is 0 Å². The predicted octanol–water partition coefficient (Wildman–Crippen LogP) is 11.3. The van der Waals surface area contributed by atoms with E-state index in [2.05, 4.69) is 40.7 Å². The zero-order chi connectivity index (χ0) is 38.5. The topological polar surface area (TPSA) is 84.2 Å². The number of hydrogen-bond acceptors (Lipinski definition) is 7. The van der Waals surface area contributed by atoms with Crippen LogP contribution in [0, 0.1) is 53.3 Å². The summed E-state index contributed by atoms with van der Waals surface area (Å²) in [6.45, 7) is 15.2. The number of fused-ring (bicyclic) bond motifs is 7. The van der Waals surface area contributed by atoms with Crippen LogP contribution in [0.15, 0.2) is 57.3 Å². The van der Waals surface area contributed by atoms with E-state index in [1.807, 2.05) is 18.2 Å². The van der Waals surface area contributed by atoms with Gasteiger partial charge in [0.1, 0.15) is 23.2 Å². The first kappa shape index (κ1) is 38.1. The van der Waals surface area contributed by atoms with E-state index < -0.39 is 0 Å². The lowest BCUT2D eigenvalue weighted by molar-refractivity contribution is -0.153. The fraction of sp³-hybridized carbons (Fsp3) is 0.625. The van der Waals surface area contributed by atoms with Crippen molar-refractivity contribution in [1.82, 2.24) is 0 Å². The molecule has 2 heterocycles. The van der Waals surface area contributed by atoms with Crippen molar-refractivity contribution in [3.8, 4) is 28.4 Å². The van der Waals surface area contributed by atoms with E-state index in [1.165, 1.54) is 56.9 Å². The van der Waals surface area contributed by atoms with Gasteiger partial charge in [0.05, 0.1) is 24.2 Å². The van der Waals surface area contributed by atoms with E-state index >= 15 is 0 Å². The zero-order valence-corrected chi connectivity index (χ0v) is 34.0. The Morgan fingerprint density at radius 3 is 2.56 bits per heavy atom. The van der Waals surface area contributed by atoms with Gasteiger partial charge in [-0.25, -0.2) is 4.79 Å². The van der Waals surface area contributed by atoms with E-state index in [9.17, 15) is 9.59 Å². The Kier molecular flexibility index (Phi) is 10.6. The molecule has 8 atom stereocenters. The summed E-state index contributed by atoms with van der Waals surface area (Å²) in [7, 11) is 0. The summed E-state index contributed by atoms with van der Waals surface area (Å²) in [5, 5.41) is 0.442. The van der Waals surface area contributed by atoms with Crippen molar-refractivity contribution in [3.05, 3.63) is 64.0 Å². The third kappa shape index (κ3) is 7.23. The minimum absolute atomic E-state index is 0.121. The molecule has 3 saturated carbocycles. The van der Waals surface area contributed by atoms with Crippen LogP contribution in [0.3, 0.4) is 0 Å². The molecule has 0 spiro atoms. The van der Waals surface area contributed by atoms with Crippen LogP contribution in [-0.2, 0) is 9.53 Å². The van der Waals surface area contributed by atoms with Gasteiger partial charge in [0.2, 0.25) is 5.43 Å². The molecule has 0 N–H and O–H groups in total. The molecule has 0 unspecified atom stereocenters. The van der Waals surface area contributed by atoms with Crippen molar-refractivity contribution in [2.75, 3.05) is 19.8 Å². The molecule has 3 fully saturated rings. The lowest BCUT2D eigenvalue weighted by Crippen LogP contribution is -2.51. The third-order valence-corrected chi connectivity index (χ3v) is 15.0. The van der Waals surface area contributed by atoms with Crippen LogP contribution >= 0.6 is 0 Å². The Morgan fingerprint density at radius 1 is 0.927 bits per heavy atom. The molecule has 1 aliphatic heterocycles. The molecular formula is C48H62O7. The average Bonchev–Trinajstić information content (AvgIpc) is 3.34. The van der Waals surface area contributed by atoms with Crippen LogP contribution in [0.25, 0.3) is 22.1 Å². The molecule has 1 aromatic heterocycles.